The number of nitrogens with zero attached hydrogens (tertiary/aromatic N) is 2. The summed E-state index contributed by atoms with van der Waals surface area (Å²) in [5.74, 6) is 0.763. The molecule has 3 heteroatoms. The van der Waals surface area contributed by atoms with E-state index in [0.717, 1.165) is 12.5 Å². The first-order valence-corrected chi connectivity index (χ1v) is 4.49. The Morgan fingerprint density at radius 2 is 2.42 bits per heavy atom. The normalized spacial score (nSPS) is 28.5. The third kappa shape index (κ3) is 1.37. The monoisotopic (exact) mass is 165 g/mol. The fraction of sp³-hybridized carbons (Fsp3) is 0.667. The minimum atomic E-state index is 0.450. The molecule has 0 spiro atoms. The molecule has 1 aliphatic carbocycles. The standard InChI is InChI=1S/C9H15N3/c1-7-2-3-11-12(7)6-8-4-9(10)5-8/h2-3,8-9H,4-6,10H2,1H3. The van der Waals surface area contributed by atoms with Gasteiger partial charge in [-0.15, -0.1) is 0 Å². The number of hydrogen-bond acceptors (Lipinski definition) is 2. The summed E-state index contributed by atoms with van der Waals surface area (Å²) in [7, 11) is 0. The Hall–Kier alpha value is -0.830. The van der Waals surface area contributed by atoms with E-state index in [9.17, 15) is 0 Å². The second-order valence-electron chi connectivity index (χ2n) is 3.75. The first kappa shape index (κ1) is 7.80. The summed E-state index contributed by atoms with van der Waals surface area (Å²) in [5, 5.41) is 4.24. The largest absolute Gasteiger partial charge is 0.328 e. The zero-order valence-corrected chi connectivity index (χ0v) is 7.40. The second kappa shape index (κ2) is 2.90. The van der Waals surface area contributed by atoms with Gasteiger partial charge in [0.25, 0.3) is 0 Å². The number of hydrogen-bond donors (Lipinski definition) is 1. The number of aromatic nitrogens is 2. The summed E-state index contributed by atoms with van der Waals surface area (Å²) in [6.07, 6.45) is 4.19. The highest BCUT2D eigenvalue weighted by Gasteiger charge is 2.26. The first-order valence-electron chi connectivity index (χ1n) is 4.49. The summed E-state index contributed by atoms with van der Waals surface area (Å²) < 4.78 is 2.07. The van der Waals surface area contributed by atoms with E-state index in [4.69, 9.17) is 5.73 Å². The van der Waals surface area contributed by atoms with Crippen LogP contribution in [0.25, 0.3) is 0 Å². The van der Waals surface area contributed by atoms with Crippen LogP contribution in [0.15, 0.2) is 12.3 Å². The quantitative estimate of drug-likeness (QED) is 0.708. The number of nitrogens with two attached hydrogens (primary N) is 1. The third-order valence-electron chi connectivity index (χ3n) is 2.63. The van der Waals surface area contributed by atoms with Crippen molar-refractivity contribution in [3.8, 4) is 0 Å². The lowest BCUT2D eigenvalue weighted by Gasteiger charge is -2.32. The maximum atomic E-state index is 5.71. The smallest absolute Gasteiger partial charge is 0.0492 e. The predicted octanol–water partition coefficient (Wildman–Crippen LogP) is 0.929. The van der Waals surface area contributed by atoms with Crippen LogP contribution in [0.3, 0.4) is 0 Å². The summed E-state index contributed by atoms with van der Waals surface area (Å²) >= 11 is 0. The fourth-order valence-corrected chi connectivity index (χ4v) is 1.77. The van der Waals surface area contributed by atoms with Crippen LogP contribution >= 0.6 is 0 Å². The molecule has 1 heterocycles. The molecular formula is C9H15N3. The van der Waals surface area contributed by atoms with Crippen LogP contribution in [0.4, 0.5) is 0 Å². The SMILES string of the molecule is Cc1ccnn1CC1CC(N)C1. The van der Waals surface area contributed by atoms with Gasteiger partial charge in [0, 0.05) is 24.5 Å². The molecule has 0 unspecified atom stereocenters. The van der Waals surface area contributed by atoms with Crippen molar-refractivity contribution in [3.63, 3.8) is 0 Å². The Kier molecular flexibility index (Phi) is 1.89. The van der Waals surface area contributed by atoms with Gasteiger partial charge in [-0.05, 0) is 31.7 Å². The average molecular weight is 165 g/mol. The molecule has 0 saturated heterocycles. The Morgan fingerprint density at radius 3 is 2.92 bits per heavy atom. The van der Waals surface area contributed by atoms with Gasteiger partial charge in [-0.1, -0.05) is 0 Å². The highest BCUT2D eigenvalue weighted by atomic mass is 15.3. The van der Waals surface area contributed by atoms with Gasteiger partial charge >= 0.3 is 0 Å². The summed E-state index contributed by atoms with van der Waals surface area (Å²) in [6, 6.07) is 2.49. The second-order valence-corrected chi connectivity index (χ2v) is 3.75. The highest BCUT2D eigenvalue weighted by molar-refractivity contribution is 4.97. The van der Waals surface area contributed by atoms with Crippen LogP contribution < -0.4 is 5.73 Å². The van der Waals surface area contributed by atoms with E-state index < -0.39 is 0 Å². The maximum absolute atomic E-state index is 5.71. The molecule has 0 amide bonds. The van der Waals surface area contributed by atoms with Crippen LogP contribution in [-0.4, -0.2) is 15.8 Å². The molecule has 0 bridgehead atoms. The Balaban J connectivity index is 1.92. The average Bonchev–Trinajstić information content (AvgIpc) is 2.33. The van der Waals surface area contributed by atoms with Crippen LogP contribution in [0.2, 0.25) is 0 Å². The van der Waals surface area contributed by atoms with Crippen molar-refractivity contribution in [1.29, 1.82) is 0 Å². The van der Waals surface area contributed by atoms with Crippen LogP contribution in [0.5, 0.6) is 0 Å². The highest BCUT2D eigenvalue weighted by Crippen LogP contribution is 2.27. The molecule has 1 aromatic rings. The molecule has 0 radical (unpaired) electrons. The van der Waals surface area contributed by atoms with E-state index in [0.29, 0.717) is 6.04 Å². The van der Waals surface area contributed by atoms with E-state index >= 15 is 0 Å². The van der Waals surface area contributed by atoms with Crippen molar-refractivity contribution < 1.29 is 0 Å². The van der Waals surface area contributed by atoms with Gasteiger partial charge < -0.3 is 5.73 Å². The van der Waals surface area contributed by atoms with Gasteiger partial charge in [-0.2, -0.15) is 5.10 Å². The third-order valence-corrected chi connectivity index (χ3v) is 2.63. The van der Waals surface area contributed by atoms with Crippen molar-refractivity contribution >= 4 is 0 Å². The molecule has 3 nitrogen and oxygen atoms in total. The lowest BCUT2D eigenvalue weighted by atomic mass is 9.81. The Morgan fingerprint density at radius 1 is 1.67 bits per heavy atom. The predicted molar refractivity (Wildman–Crippen MR) is 47.7 cm³/mol. The van der Waals surface area contributed by atoms with E-state index in [-0.39, 0.29) is 0 Å². The maximum Gasteiger partial charge on any atom is 0.0492 e. The van der Waals surface area contributed by atoms with Gasteiger partial charge in [-0.25, -0.2) is 0 Å². The number of aryl methyl sites for hydroxylation is 1. The van der Waals surface area contributed by atoms with Crippen LogP contribution in [-0.2, 0) is 6.54 Å². The molecule has 66 valence electrons. The molecule has 12 heavy (non-hydrogen) atoms. The summed E-state index contributed by atoms with van der Waals surface area (Å²) in [6.45, 7) is 3.14. The molecular weight excluding hydrogens is 150 g/mol. The van der Waals surface area contributed by atoms with Crippen LogP contribution in [0.1, 0.15) is 18.5 Å². The van der Waals surface area contributed by atoms with Gasteiger partial charge in [0.1, 0.15) is 0 Å². The molecule has 0 atom stereocenters. The number of rotatable bonds is 2. The topological polar surface area (TPSA) is 43.8 Å². The molecule has 1 saturated carbocycles. The molecule has 1 fully saturated rings. The van der Waals surface area contributed by atoms with E-state index in [1.165, 1.54) is 18.5 Å². The van der Waals surface area contributed by atoms with Crippen molar-refractivity contribution in [2.75, 3.05) is 0 Å². The zero-order chi connectivity index (χ0) is 8.55. The summed E-state index contributed by atoms with van der Waals surface area (Å²) in [4.78, 5) is 0. The van der Waals surface area contributed by atoms with Gasteiger partial charge in [0.15, 0.2) is 0 Å². The van der Waals surface area contributed by atoms with Crippen LogP contribution in [0, 0.1) is 12.8 Å². The van der Waals surface area contributed by atoms with Crippen molar-refractivity contribution in [1.82, 2.24) is 9.78 Å². The minimum Gasteiger partial charge on any atom is -0.328 e. The lowest BCUT2D eigenvalue weighted by molar-refractivity contribution is 0.226. The molecule has 2 rings (SSSR count). The van der Waals surface area contributed by atoms with Crippen molar-refractivity contribution in [2.45, 2.75) is 32.4 Å². The summed E-state index contributed by atoms with van der Waals surface area (Å²) in [5.41, 5.74) is 6.95. The van der Waals surface area contributed by atoms with E-state index in [1.807, 2.05) is 12.3 Å². The molecule has 2 N–H and O–H groups in total. The Bertz CT molecular complexity index is 260. The molecule has 1 aliphatic rings. The van der Waals surface area contributed by atoms with E-state index in [1.54, 1.807) is 0 Å². The first-order chi connectivity index (χ1) is 5.75. The molecule has 0 aromatic carbocycles. The zero-order valence-electron chi connectivity index (χ0n) is 7.40. The van der Waals surface area contributed by atoms with Crippen molar-refractivity contribution in [2.24, 2.45) is 11.7 Å². The van der Waals surface area contributed by atoms with Gasteiger partial charge in [0.2, 0.25) is 0 Å². The minimum absolute atomic E-state index is 0.450. The fourth-order valence-electron chi connectivity index (χ4n) is 1.77. The molecule has 0 aliphatic heterocycles. The van der Waals surface area contributed by atoms with E-state index in [2.05, 4.69) is 16.7 Å². The lowest BCUT2D eigenvalue weighted by Crippen LogP contribution is -2.38. The van der Waals surface area contributed by atoms with Crippen molar-refractivity contribution in [3.05, 3.63) is 18.0 Å². The molecule has 1 aromatic heterocycles. The van der Waals surface area contributed by atoms with Gasteiger partial charge in [-0.3, -0.25) is 4.68 Å². The van der Waals surface area contributed by atoms with Gasteiger partial charge in [0.05, 0.1) is 0 Å². The Labute approximate surface area is 72.6 Å².